The zero-order valence-electron chi connectivity index (χ0n) is 18.2. The molecule has 0 N–H and O–H groups in total. The van der Waals surface area contributed by atoms with E-state index in [2.05, 4.69) is 0 Å². The van der Waals surface area contributed by atoms with Crippen molar-refractivity contribution in [3.05, 3.63) is 68.8 Å². The van der Waals surface area contributed by atoms with Gasteiger partial charge >= 0.3 is 12.1 Å². The van der Waals surface area contributed by atoms with Gasteiger partial charge in [0.05, 0.1) is 11.6 Å². The third-order valence-electron chi connectivity index (χ3n) is 6.74. The van der Waals surface area contributed by atoms with Gasteiger partial charge in [-0.25, -0.2) is 4.79 Å². The molecule has 9 heteroatoms. The highest BCUT2D eigenvalue weighted by atomic mass is 19.4. The summed E-state index contributed by atoms with van der Waals surface area (Å²) in [5.74, 6) is -1.14. The molecule has 0 spiro atoms. The average Bonchev–Trinajstić information content (AvgIpc) is 3.02. The first-order valence-electron chi connectivity index (χ1n) is 10.3. The summed E-state index contributed by atoms with van der Waals surface area (Å²) >= 11 is 0. The molecule has 6 nitrogen and oxygen atoms in total. The smallest absolute Gasteiger partial charge is 0.432 e. The monoisotopic (exact) mass is 451 g/mol. The van der Waals surface area contributed by atoms with E-state index in [1.165, 1.54) is 30.3 Å². The lowest BCUT2D eigenvalue weighted by molar-refractivity contribution is -0.279. The summed E-state index contributed by atoms with van der Waals surface area (Å²) in [5, 5.41) is 0. The summed E-state index contributed by atoms with van der Waals surface area (Å²) in [4.78, 5) is 28.1. The molecule has 1 fully saturated rings. The van der Waals surface area contributed by atoms with Crippen molar-refractivity contribution < 1.29 is 31.9 Å². The Morgan fingerprint density at radius 2 is 1.81 bits per heavy atom. The fourth-order valence-electron chi connectivity index (χ4n) is 4.87. The summed E-state index contributed by atoms with van der Waals surface area (Å²) < 4.78 is 59.2. The number of rotatable bonds is 4. The van der Waals surface area contributed by atoms with Crippen molar-refractivity contribution in [1.29, 1.82) is 0 Å². The first-order valence-corrected chi connectivity index (χ1v) is 10.3. The molecule has 1 aromatic carbocycles. The molecule has 0 amide bonds. The van der Waals surface area contributed by atoms with Gasteiger partial charge < -0.3 is 13.9 Å². The second-order valence-electron chi connectivity index (χ2n) is 8.29. The minimum Gasteiger partial charge on any atom is -0.461 e. The van der Waals surface area contributed by atoms with Crippen LogP contribution in [0.2, 0.25) is 0 Å². The van der Waals surface area contributed by atoms with Crippen LogP contribution >= 0.6 is 0 Å². The van der Waals surface area contributed by atoms with Gasteiger partial charge in [-0.1, -0.05) is 30.3 Å². The van der Waals surface area contributed by atoms with E-state index in [0.29, 0.717) is 29.7 Å². The van der Waals surface area contributed by atoms with Crippen LogP contribution in [0, 0.1) is 13.8 Å². The Bertz CT molecular complexity index is 1100. The van der Waals surface area contributed by atoms with Crippen molar-refractivity contribution in [2.75, 3.05) is 14.2 Å². The molecule has 0 unspecified atom stereocenters. The van der Waals surface area contributed by atoms with Crippen molar-refractivity contribution in [2.45, 2.75) is 56.7 Å². The fourth-order valence-corrected chi connectivity index (χ4v) is 4.87. The summed E-state index contributed by atoms with van der Waals surface area (Å²) in [5.41, 5.74) is -3.17. The maximum Gasteiger partial charge on any atom is 0.432 e. The standard InChI is InChI=1S/C23H24F3NO5/c1-12-13(2)31-20-17(18(12)28)15-10-11-16(27(15)3)19(20)32-21(29)22(30-4,23(24,25)26)14-8-6-5-7-9-14/h5-9,15-16,19H,10-11H2,1-4H3/t15-,16+,19-,22+/m0/s1. The summed E-state index contributed by atoms with van der Waals surface area (Å²) in [6.07, 6.45) is -5.11. The molecule has 0 radical (unpaired) electrons. The van der Waals surface area contributed by atoms with Gasteiger partial charge in [0.2, 0.25) is 0 Å². The van der Waals surface area contributed by atoms with Gasteiger partial charge in [0.15, 0.2) is 17.3 Å². The lowest BCUT2D eigenvalue weighted by Crippen LogP contribution is -2.53. The molecule has 2 aliphatic heterocycles. The number of hydrogen-bond donors (Lipinski definition) is 0. The quantitative estimate of drug-likeness (QED) is 0.653. The van der Waals surface area contributed by atoms with Gasteiger partial charge in [-0.05, 0) is 33.7 Å². The zero-order valence-corrected chi connectivity index (χ0v) is 18.2. The SMILES string of the molecule is CO[C@@](C(=O)O[C@@H]1c2oc(C)c(C)c(=O)c2[C@@H]2CC[C@H]1N2C)(c1ccccc1)C(F)(F)F. The topological polar surface area (TPSA) is 69.0 Å². The number of aryl methyl sites for hydroxylation is 1. The molecule has 2 aromatic rings. The average molecular weight is 451 g/mol. The van der Waals surface area contributed by atoms with Crippen LogP contribution in [0.25, 0.3) is 0 Å². The first kappa shape index (κ1) is 22.5. The number of hydrogen-bond acceptors (Lipinski definition) is 6. The number of carbonyl (C=O) groups excluding carboxylic acids is 1. The molecule has 2 aliphatic rings. The minimum atomic E-state index is -5.09. The third kappa shape index (κ3) is 3.09. The van der Waals surface area contributed by atoms with Gasteiger partial charge in [0.25, 0.3) is 5.60 Å². The van der Waals surface area contributed by atoms with Crippen molar-refractivity contribution in [2.24, 2.45) is 0 Å². The second kappa shape index (κ2) is 7.74. The van der Waals surface area contributed by atoms with Crippen molar-refractivity contribution in [1.82, 2.24) is 4.90 Å². The van der Waals surface area contributed by atoms with E-state index in [0.717, 1.165) is 7.11 Å². The normalized spacial score (nSPS) is 24.7. The Morgan fingerprint density at radius 3 is 2.41 bits per heavy atom. The van der Waals surface area contributed by atoms with E-state index >= 15 is 0 Å². The van der Waals surface area contributed by atoms with E-state index in [1.807, 2.05) is 4.90 Å². The Kier molecular flexibility index (Phi) is 5.45. The number of ether oxygens (including phenoxy) is 2. The van der Waals surface area contributed by atoms with Gasteiger partial charge in [0.1, 0.15) is 5.76 Å². The van der Waals surface area contributed by atoms with Crippen LogP contribution in [0.3, 0.4) is 0 Å². The van der Waals surface area contributed by atoms with Crippen molar-refractivity contribution >= 4 is 5.97 Å². The number of carbonyl (C=O) groups is 1. The largest absolute Gasteiger partial charge is 0.461 e. The molecule has 1 saturated heterocycles. The van der Waals surface area contributed by atoms with E-state index in [9.17, 15) is 22.8 Å². The highest BCUT2D eigenvalue weighted by Crippen LogP contribution is 2.50. The van der Waals surface area contributed by atoms with Crippen LogP contribution in [-0.4, -0.2) is 37.2 Å². The van der Waals surface area contributed by atoms with E-state index < -0.39 is 35.5 Å². The number of likely N-dealkylation sites (N-methyl/N-ethyl adjacent to an activating group) is 1. The molecule has 4 atom stereocenters. The molecule has 2 bridgehead atoms. The number of esters is 1. The van der Waals surface area contributed by atoms with Crippen LogP contribution < -0.4 is 5.43 Å². The van der Waals surface area contributed by atoms with Crippen LogP contribution in [0.5, 0.6) is 0 Å². The highest BCUT2D eigenvalue weighted by molar-refractivity contribution is 5.83. The lowest BCUT2D eigenvalue weighted by Gasteiger charge is -2.39. The number of benzene rings is 1. The number of fused-ring (bicyclic) bond motifs is 4. The van der Waals surface area contributed by atoms with Gasteiger partial charge in [0, 0.05) is 24.3 Å². The van der Waals surface area contributed by atoms with Crippen LogP contribution in [0.1, 0.15) is 53.2 Å². The Balaban J connectivity index is 1.83. The van der Waals surface area contributed by atoms with Crippen LogP contribution in [-0.2, 0) is 19.9 Å². The number of nitrogens with zero attached hydrogens (tertiary/aromatic N) is 1. The molecular weight excluding hydrogens is 427 g/mol. The van der Waals surface area contributed by atoms with Crippen LogP contribution in [0.4, 0.5) is 13.2 Å². The molecule has 3 heterocycles. The zero-order chi connectivity index (χ0) is 23.4. The molecule has 0 saturated carbocycles. The summed E-state index contributed by atoms with van der Waals surface area (Å²) in [6.45, 7) is 3.24. The Morgan fingerprint density at radius 1 is 1.16 bits per heavy atom. The maximum atomic E-state index is 14.3. The number of alkyl halides is 3. The van der Waals surface area contributed by atoms with Crippen molar-refractivity contribution in [3.63, 3.8) is 0 Å². The molecular formula is C23H24F3NO5. The first-order chi connectivity index (χ1) is 15.0. The second-order valence-corrected chi connectivity index (χ2v) is 8.29. The Hall–Kier alpha value is -2.65. The molecule has 32 heavy (non-hydrogen) atoms. The van der Waals surface area contributed by atoms with Gasteiger partial charge in [-0.2, -0.15) is 13.2 Å². The molecule has 1 aromatic heterocycles. The van der Waals surface area contributed by atoms with E-state index in [4.69, 9.17) is 13.9 Å². The minimum absolute atomic E-state index is 0.122. The van der Waals surface area contributed by atoms with Crippen LogP contribution in [0.15, 0.2) is 39.5 Å². The number of methoxy groups -OCH3 is 1. The number of halogens is 3. The predicted molar refractivity (Wildman–Crippen MR) is 108 cm³/mol. The van der Waals surface area contributed by atoms with Gasteiger partial charge in [-0.15, -0.1) is 0 Å². The summed E-state index contributed by atoms with van der Waals surface area (Å²) in [6, 6.07) is 5.99. The van der Waals surface area contributed by atoms with E-state index in [1.54, 1.807) is 20.9 Å². The lowest BCUT2D eigenvalue weighted by atomic mass is 9.91. The van der Waals surface area contributed by atoms with Gasteiger partial charge in [-0.3, -0.25) is 9.69 Å². The Labute approximate surface area is 182 Å². The molecule has 0 aliphatic carbocycles. The summed E-state index contributed by atoms with van der Waals surface area (Å²) in [7, 11) is 2.59. The third-order valence-corrected chi connectivity index (χ3v) is 6.74. The highest BCUT2D eigenvalue weighted by Gasteiger charge is 2.65. The maximum absolute atomic E-state index is 14.3. The molecule has 172 valence electrons. The predicted octanol–water partition coefficient (Wildman–Crippen LogP) is 4.09. The van der Waals surface area contributed by atoms with E-state index in [-0.39, 0.29) is 17.2 Å². The van der Waals surface area contributed by atoms with Crippen molar-refractivity contribution in [3.8, 4) is 0 Å². The molecule has 4 rings (SSSR count). The fraction of sp³-hybridized carbons (Fsp3) is 0.478.